The van der Waals surface area contributed by atoms with E-state index < -0.39 is 27.6 Å². The molecule has 2 N–H and O–H groups in total. The molecule has 2 aliphatic heterocycles. The summed E-state index contributed by atoms with van der Waals surface area (Å²) in [5.74, 6) is -2.38. The number of fused-ring (bicyclic) bond motifs is 2. The molecular weight excluding hydrogens is 314 g/mol. The predicted molar refractivity (Wildman–Crippen MR) is 78.2 cm³/mol. The third-order valence-corrected chi connectivity index (χ3v) is 5.02. The number of rotatable bonds is 2. The van der Waals surface area contributed by atoms with Crippen LogP contribution in [0, 0.1) is 43.6 Å². The van der Waals surface area contributed by atoms with Crippen LogP contribution in [0.1, 0.15) is 11.5 Å². The Morgan fingerprint density at radius 1 is 1.33 bits per heavy atom. The molecular formula is C15H11N5O4. The highest BCUT2D eigenvalue weighted by Crippen LogP contribution is 2.82. The second-order valence-corrected chi connectivity index (χ2v) is 5.90. The van der Waals surface area contributed by atoms with Crippen molar-refractivity contribution in [3.05, 3.63) is 39.9 Å². The van der Waals surface area contributed by atoms with E-state index in [1.165, 1.54) is 18.2 Å². The van der Waals surface area contributed by atoms with E-state index in [9.17, 15) is 20.6 Å². The van der Waals surface area contributed by atoms with Crippen molar-refractivity contribution in [2.45, 2.75) is 11.8 Å². The van der Waals surface area contributed by atoms with Crippen molar-refractivity contribution in [1.29, 1.82) is 10.5 Å². The van der Waals surface area contributed by atoms with E-state index in [2.05, 4.69) is 17.1 Å². The highest BCUT2D eigenvalue weighted by atomic mass is 16.8. The molecule has 0 bridgehead atoms. The number of non-ortho nitro benzene ring substituents is 1. The first-order valence-corrected chi connectivity index (χ1v) is 7.19. The lowest BCUT2D eigenvalue weighted by molar-refractivity contribution is -0.384. The number of hydrogen-bond donors (Lipinski definition) is 1. The minimum Gasteiger partial charge on any atom is -0.386 e. The van der Waals surface area contributed by atoms with Crippen LogP contribution in [0.4, 0.5) is 5.69 Å². The molecule has 120 valence electrons. The molecule has 0 amide bonds. The molecule has 0 aromatic heterocycles. The number of hydrogen-bond acceptors (Lipinski definition) is 8. The van der Waals surface area contributed by atoms with Crippen LogP contribution in [-0.2, 0) is 9.47 Å². The average molecular weight is 325 g/mol. The molecule has 4 rings (SSSR count). The van der Waals surface area contributed by atoms with Crippen LogP contribution in [0.3, 0.4) is 0 Å². The van der Waals surface area contributed by atoms with Crippen molar-refractivity contribution >= 4 is 11.5 Å². The molecule has 0 unspecified atom stereocenters. The standard InChI is InChI=1S/C15H11N5O4/c16-7-13-11(9-2-1-3-10(6-9)20(21)22)14(13,8-17)15(19-12(13)18)23-4-5-24-15/h1-3,6,11H,4-5H2,(H2,18,19)/t11-,13-,14-/m1/s1. The van der Waals surface area contributed by atoms with E-state index in [1.807, 2.05) is 0 Å². The number of aliphatic imine (C=N–C) groups is 1. The summed E-state index contributed by atoms with van der Waals surface area (Å²) in [6.45, 7) is 0.451. The third kappa shape index (κ3) is 1.29. The average Bonchev–Trinajstić information content (AvgIpc) is 2.84. The Labute approximate surface area is 136 Å². The van der Waals surface area contributed by atoms with Crippen LogP contribution in [0.25, 0.3) is 0 Å². The van der Waals surface area contributed by atoms with Crippen molar-refractivity contribution < 1.29 is 14.4 Å². The van der Waals surface area contributed by atoms with E-state index in [-0.39, 0.29) is 24.7 Å². The van der Waals surface area contributed by atoms with Crippen LogP contribution in [-0.4, -0.2) is 29.9 Å². The van der Waals surface area contributed by atoms with Crippen LogP contribution in [0.5, 0.6) is 0 Å². The van der Waals surface area contributed by atoms with Gasteiger partial charge >= 0.3 is 0 Å². The van der Waals surface area contributed by atoms with E-state index in [0.717, 1.165) is 0 Å². The van der Waals surface area contributed by atoms with Gasteiger partial charge in [-0.1, -0.05) is 12.1 Å². The van der Waals surface area contributed by atoms with Gasteiger partial charge in [-0.05, 0) is 5.56 Å². The van der Waals surface area contributed by atoms with Crippen molar-refractivity contribution in [2.24, 2.45) is 21.6 Å². The molecule has 1 aromatic rings. The number of amidine groups is 1. The molecule has 9 heteroatoms. The number of nitro groups is 1. The lowest BCUT2D eigenvalue weighted by Crippen LogP contribution is -2.38. The second kappa shape index (κ2) is 4.29. The molecule has 1 saturated heterocycles. The van der Waals surface area contributed by atoms with E-state index in [4.69, 9.17) is 15.2 Å². The SMILES string of the molecule is N#C[C@@]12C(N)=NC3(OCCO3)[C@]1(C#N)[C@@H]2c1cccc([N+](=O)[O-])c1. The Balaban J connectivity index is 1.91. The normalized spacial score (nSPS) is 34.9. The summed E-state index contributed by atoms with van der Waals surface area (Å²) in [6, 6.07) is 10.1. The van der Waals surface area contributed by atoms with Crippen molar-refractivity contribution in [1.82, 2.24) is 0 Å². The van der Waals surface area contributed by atoms with Gasteiger partial charge in [-0.15, -0.1) is 0 Å². The van der Waals surface area contributed by atoms with E-state index in [0.29, 0.717) is 5.56 Å². The van der Waals surface area contributed by atoms with Crippen LogP contribution < -0.4 is 5.73 Å². The molecule has 0 radical (unpaired) electrons. The first-order valence-electron chi connectivity index (χ1n) is 7.19. The lowest BCUT2D eigenvalue weighted by Gasteiger charge is -2.25. The summed E-state index contributed by atoms with van der Waals surface area (Å²) in [4.78, 5) is 14.6. The minimum atomic E-state index is -1.63. The maximum absolute atomic E-state index is 11.0. The number of ether oxygens (including phenoxy) is 2. The summed E-state index contributed by atoms with van der Waals surface area (Å²) >= 11 is 0. The fraction of sp³-hybridized carbons (Fsp3) is 0.400. The molecule has 24 heavy (non-hydrogen) atoms. The van der Waals surface area contributed by atoms with Crippen LogP contribution >= 0.6 is 0 Å². The van der Waals surface area contributed by atoms with E-state index in [1.54, 1.807) is 6.07 Å². The Bertz CT molecular complexity index is 879. The first-order chi connectivity index (χ1) is 11.5. The topological polar surface area (TPSA) is 148 Å². The zero-order valence-electron chi connectivity index (χ0n) is 12.3. The minimum absolute atomic E-state index is 0.0371. The third-order valence-electron chi connectivity index (χ3n) is 5.02. The molecule has 9 nitrogen and oxygen atoms in total. The Morgan fingerprint density at radius 2 is 2.04 bits per heavy atom. The zero-order chi connectivity index (χ0) is 17.2. The van der Waals surface area contributed by atoms with Gasteiger partial charge in [0.15, 0.2) is 5.41 Å². The Morgan fingerprint density at radius 3 is 2.62 bits per heavy atom. The molecule has 2 heterocycles. The van der Waals surface area contributed by atoms with Crippen molar-refractivity contribution in [2.75, 3.05) is 13.2 Å². The van der Waals surface area contributed by atoms with Gasteiger partial charge in [-0.3, -0.25) is 10.1 Å². The fourth-order valence-corrected chi connectivity index (χ4v) is 4.04. The van der Waals surface area contributed by atoms with Crippen LogP contribution in [0.15, 0.2) is 29.3 Å². The molecule has 3 aliphatic rings. The maximum Gasteiger partial charge on any atom is 0.293 e. The number of nitrogens with zero attached hydrogens (tertiary/aromatic N) is 4. The van der Waals surface area contributed by atoms with Crippen molar-refractivity contribution in [3.63, 3.8) is 0 Å². The first kappa shape index (κ1) is 14.6. The molecule has 1 aromatic carbocycles. The Kier molecular flexibility index (Phi) is 2.61. The quantitative estimate of drug-likeness (QED) is 0.624. The zero-order valence-corrected chi connectivity index (χ0v) is 12.3. The number of nitrogens with two attached hydrogens (primary N) is 1. The fourth-order valence-electron chi connectivity index (χ4n) is 4.04. The predicted octanol–water partition coefficient (Wildman–Crippen LogP) is 0.783. The summed E-state index contributed by atoms with van der Waals surface area (Å²) in [7, 11) is 0. The van der Waals surface area contributed by atoms with E-state index >= 15 is 0 Å². The van der Waals surface area contributed by atoms with Gasteiger partial charge in [0.2, 0.25) is 0 Å². The number of nitriles is 2. The smallest absolute Gasteiger partial charge is 0.293 e. The Hall–Kier alpha value is -3.01. The highest BCUT2D eigenvalue weighted by Gasteiger charge is 2.94. The number of benzene rings is 1. The van der Waals surface area contributed by atoms with Crippen molar-refractivity contribution in [3.8, 4) is 12.1 Å². The van der Waals surface area contributed by atoms with Gasteiger partial charge in [0.05, 0.1) is 30.3 Å². The molecule has 1 spiro atoms. The molecule has 1 saturated carbocycles. The van der Waals surface area contributed by atoms with Gasteiger partial charge in [-0.2, -0.15) is 10.5 Å². The van der Waals surface area contributed by atoms with Gasteiger partial charge in [-0.25, -0.2) is 4.99 Å². The highest BCUT2D eigenvalue weighted by molar-refractivity contribution is 6.00. The molecule has 1 aliphatic carbocycles. The summed E-state index contributed by atoms with van der Waals surface area (Å²) < 4.78 is 11.2. The van der Waals surface area contributed by atoms with Gasteiger partial charge in [0.25, 0.3) is 11.6 Å². The maximum atomic E-state index is 11.0. The van der Waals surface area contributed by atoms with Gasteiger partial charge in [0, 0.05) is 18.1 Å². The molecule has 2 fully saturated rings. The van der Waals surface area contributed by atoms with Crippen LogP contribution in [0.2, 0.25) is 0 Å². The monoisotopic (exact) mass is 325 g/mol. The largest absolute Gasteiger partial charge is 0.386 e. The van der Waals surface area contributed by atoms with Gasteiger partial charge < -0.3 is 15.2 Å². The number of nitro benzene ring substituents is 1. The lowest BCUT2D eigenvalue weighted by atomic mass is 9.94. The molecule has 3 atom stereocenters. The second-order valence-electron chi connectivity index (χ2n) is 5.90. The summed E-state index contributed by atoms with van der Waals surface area (Å²) in [6.07, 6.45) is 0. The summed E-state index contributed by atoms with van der Waals surface area (Å²) in [5, 5.41) is 30.7. The van der Waals surface area contributed by atoms with Gasteiger partial charge in [0.1, 0.15) is 11.3 Å². The summed E-state index contributed by atoms with van der Waals surface area (Å²) in [5.41, 5.74) is 3.45.